The van der Waals surface area contributed by atoms with Crippen molar-refractivity contribution >= 4 is 15.9 Å². The van der Waals surface area contributed by atoms with Crippen LogP contribution in [0.4, 0.5) is 0 Å². The van der Waals surface area contributed by atoms with Crippen molar-refractivity contribution < 1.29 is 9.47 Å². The molecule has 0 radical (unpaired) electrons. The Kier molecular flexibility index (Phi) is 3.34. The van der Waals surface area contributed by atoms with Crippen LogP contribution in [-0.2, 0) is 9.47 Å². The molecule has 1 heterocycles. The molecule has 2 nitrogen and oxygen atoms in total. The third kappa shape index (κ3) is 3.09. The molecule has 0 N–H and O–H groups in total. The molecule has 0 aromatic heterocycles. The second-order valence-corrected chi connectivity index (χ2v) is 4.07. The maximum atomic E-state index is 5.61. The topological polar surface area (TPSA) is 18.5 Å². The summed E-state index contributed by atoms with van der Waals surface area (Å²) >= 11 is 3.39. The highest BCUT2D eigenvalue weighted by molar-refractivity contribution is 9.09. The Balaban J connectivity index is 2.20. The van der Waals surface area contributed by atoms with E-state index in [0.29, 0.717) is 6.10 Å². The first-order valence-electron chi connectivity index (χ1n) is 4.02. The van der Waals surface area contributed by atoms with Crippen LogP contribution in [-0.4, -0.2) is 23.8 Å². The first-order chi connectivity index (χ1) is 5.14. The Morgan fingerprint density at radius 1 is 1.55 bits per heavy atom. The molecule has 0 amide bonds. The second-order valence-electron chi connectivity index (χ2n) is 3.28. The number of hydrogen-bond acceptors (Lipinski definition) is 2. The highest BCUT2D eigenvalue weighted by Gasteiger charge is 2.31. The van der Waals surface area contributed by atoms with Crippen LogP contribution >= 0.6 is 15.9 Å². The highest BCUT2D eigenvalue weighted by Crippen LogP contribution is 2.24. The van der Waals surface area contributed by atoms with Crippen molar-refractivity contribution in [2.45, 2.75) is 38.6 Å². The molecule has 1 aliphatic rings. The van der Waals surface area contributed by atoms with Gasteiger partial charge in [0, 0.05) is 5.33 Å². The summed E-state index contributed by atoms with van der Waals surface area (Å²) in [6, 6.07) is 0. The van der Waals surface area contributed by atoms with Crippen LogP contribution < -0.4 is 0 Å². The Bertz CT molecular complexity index is 125. The average Bonchev–Trinajstić information content (AvgIpc) is 2.26. The normalized spacial score (nSPS) is 29.2. The lowest BCUT2D eigenvalue weighted by molar-refractivity contribution is -0.138. The van der Waals surface area contributed by atoms with Gasteiger partial charge in [0.1, 0.15) is 0 Å². The van der Waals surface area contributed by atoms with Gasteiger partial charge in [-0.3, -0.25) is 0 Å². The van der Waals surface area contributed by atoms with Crippen molar-refractivity contribution in [1.29, 1.82) is 0 Å². The van der Waals surface area contributed by atoms with Gasteiger partial charge in [-0.25, -0.2) is 0 Å². The molecule has 0 bridgehead atoms. The van der Waals surface area contributed by atoms with E-state index in [1.807, 2.05) is 13.8 Å². The van der Waals surface area contributed by atoms with Crippen LogP contribution in [0.15, 0.2) is 0 Å². The first kappa shape index (κ1) is 9.49. The molecular formula is C8H15BrO2. The molecule has 1 atom stereocenters. The largest absolute Gasteiger partial charge is 0.348 e. The van der Waals surface area contributed by atoms with Gasteiger partial charge in [0.25, 0.3) is 0 Å². The lowest BCUT2D eigenvalue weighted by atomic mass is 10.2. The number of hydrogen-bond donors (Lipinski definition) is 0. The molecule has 1 aliphatic heterocycles. The number of ether oxygens (including phenoxy) is 2. The van der Waals surface area contributed by atoms with E-state index in [9.17, 15) is 0 Å². The van der Waals surface area contributed by atoms with Gasteiger partial charge in [0.15, 0.2) is 5.79 Å². The zero-order chi connectivity index (χ0) is 8.32. The molecule has 66 valence electrons. The molecule has 0 saturated carbocycles. The van der Waals surface area contributed by atoms with E-state index in [1.165, 1.54) is 0 Å². The standard InChI is InChI=1S/C8H15BrO2/c1-8(2)10-6-7(11-8)4-3-5-9/h7H,3-6H2,1-2H3. The molecule has 3 heteroatoms. The summed E-state index contributed by atoms with van der Waals surface area (Å²) in [4.78, 5) is 0. The smallest absolute Gasteiger partial charge is 0.163 e. The van der Waals surface area contributed by atoms with Crippen molar-refractivity contribution in [3.05, 3.63) is 0 Å². The summed E-state index contributed by atoms with van der Waals surface area (Å²) in [6.45, 7) is 4.67. The van der Waals surface area contributed by atoms with Gasteiger partial charge >= 0.3 is 0 Å². The van der Waals surface area contributed by atoms with Gasteiger partial charge in [-0.15, -0.1) is 0 Å². The van der Waals surface area contributed by atoms with Crippen LogP contribution in [0, 0.1) is 0 Å². The van der Waals surface area contributed by atoms with Crippen molar-refractivity contribution in [1.82, 2.24) is 0 Å². The van der Waals surface area contributed by atoms with Crippen LogP contribution in [0.2, 0.25) is 0 Å². The highest BCUT2D eigenvalue weighted by atomic mass is 79.9. The SMILES string of the molecule is CC1(C)OCC(CCCBr)O1. The molecule has 1 fully saturated rings. The van der Waals surface area contributed by atoms with E-state index in [-0.39, 0.29) is 5.79 Å². The predicted molar refractivity (Wildman–Crippen MR) is 47.9 cm³/mol. The summed E-state index contributed by atoms with van der Waals surface area (Å²) < 4.78 is 11.0. The van der Waals surface area contributed by atoms with E-state index in [0.717, 1.165) is 24.8 Å². The van der Waals surface area contributed by atoms with Gasteiger partial charge in [-0.1, -0.05) is 15.9 Å². The van der Waals surface area contributed by atoms with Crippen molar-refractivity contribution in [3.63, 3.8) is 0 Å². The minimum atomic E-state index is -0.350. The van der Waals surface area contributed by atoms with Gasteiger partial charge < -0.3 is 9.47 Å². The van der Waals surface area contributed by atoms with E-state index in [4.69, 9.17) is 9.47 Å². The second kappa shape index (κ2) is 3.87. The van der Waals surface area contributed by atoms with Crippen LogP contribution in [0.5, 0.6) is 0 Å². The van der Waals surface area contributed by atoms with Crippen molar-refractivity contribution in [2.75, 3.05) is 11.9 Å². The van der Waals surface area contributed by atoms with Crippen molar-refractivity contribution in [2.24, 2.45) is 0 Å². The quantitative estimate of drug-likeness (QED) is 0.683. The maximum Gasteiger partial charge on any atom is 0.163 e. The van der Waals surface area contributed by atoms with Crippen LogP contribution in [0.25, 0.3) is 0 Å². The van der Waals surface area contributed by atoms with E-state index in [2.05, 4.69) is 15.9 Å². The zero-order valence-electron chi connectivity index (χ0n) is 7.10. The monoisotopic (exact) mass is 222 g/mol. The lowest BCUT2D eigenvalue weighted by Crippen LogP contribution is -2.21. The molecule has 0 aliphatic carbocycles. The molecule has 1 saturated heterocycles. The fourth-order valence-corrected chi connectivity index (χ4v) is 1.53. The van der Waals surface area contributed by atoms with E-state index < -0.39 is 0 Å². The summed E-state index contributed by atoms with van der Waals surface area (Å²) in [7, 11) is 0. The van der Waals surface area contributed by atoms with Gasteiger partial charge in [0.2, 0.25) is 0 Å². The summed E-state index contributed by atoms with van der Waals surface area (Å²) in [5.41, 5.74) is 0. The lowest BCUT2D eigenvalue weighted by Gasteiger charge is -2.16. The molecule has 1 unspecified atom stereocenters. The third-order valence-electron chi connectivity index (χ3n) is 1.73. The molecule has 0 aromatic carbocycles. The number of halogens is 1. The minimum Gasteiger partial charge on any atom is -0.348 e. The molecule has 1 rings (SSSR count). The molecular weight excluding hydrogens is 208 g/mol. The van der Waals surface area contributed by atoms with Gasteiger partial charge in [-0.05, 0) is 26.7 Å². The number of alkyl halides is 1. The molecule has 0 aromatic rings. The number of rotatable bonds is 3. The van der Waals surface area contributed by atoms with Crippen molar-refractivity contribution in [3.8, 4) is 0 Å². The zero-order valence-corrected chi connectivity index (χ0v) is 8.69. The fourth-order valence-electron chi connectivity index (χ4n) is 1.21. The van der Waals surface area contributed by atoms with Crippen LogP contribution in [0.3, 0.4) is 0 Å². The van der Waals surface area contributed by atoms with E-state index >= 15 is 0 Å². The first-order valence-corrected chi connectivity index (χ1v) is 5.14. The van der Waals surface area contributed by atoms with Gasteiger partial charge in [-0.2, -0.15) is 0 Å². The fraction of sp³-hybridized carbons (Fsp3) is 1.00. The summed E-state index contributed by atoms with van der Waals surface area (Å²) in [5.74, 6) is -0.350. The Morgan fingerprint density at radius 3 is 2.73 bits per heavy atom. The Morgan fingerprint density at radius 2 is 2.27 bits per heavy atom. The molecule has 11 heavy (non-hydrogen) atoms. The summed E-state index contributed by atoms with van der Waals surface area (Å²) in [5, 5.41) is 1.05. The minimum absolute atomic E-state index is 0.308. The molecule has 0 spiro atoms. The van der Waals surface area contributed by atoms with E-state index in [1.54, 1.807) is 0 Å². The maximum absolute atomic E-state index is 5.61. The van der Waals surface area contributed by atoms with Crippen LogP contribution in [0.1, 0.15) is 26.7 Å². The Hall–Kier alpha value is 0.400. The predicted octanol–water partition coefficient (Wildman–Crippen LogP) is 2.31. The van der Waals surface area contributed by atoms with Gasteiger partial charge in [0.05, 0.1) is 12.7 Å². The average molecular weight is 223 g/mol. The summed E-state index contributed by atoms with van der Waals surface area (Å²) in [6.07, 6.45) is 2.56. The third-order valence-corrected chi connectivity index (χ3v) is 2.29. The Labute approximate surface area is 76.4 Å².